The second-order valence-corrected chi connectivity index (χ2v) is 3.71. The monoisotopic (exact) mass is 208 g/mol. The number of aryl methyl sites for hydroxylation is 1. The van der Waals surface area contributed by atoms with Crippen molar-refractivity contribution >= 4 is 10.9 Å². The second kappa shape index (κ2) is 3.45. The van der Waals surface area contributed by atoms with Crippen LogP contribution in [-0.2, 0) is 7.05 Å². The summed E-state index contributed by atoms with van der Waals surface area (Å²) in [5, 5.41) is 1.21. The van der Waals surface area contributed by atoms with Crippen LogP contribution < -0.4 is 0 Å². The van der Waals surface area contributed by atoms with Gasteiger partial charge in [0.15, 0.2) is 6.33 Å². The van der Waals surface area contributed by atoms with Crippen LogP contribution >= 0.6 is 0 Å². The predicted octanol–water partition coefficient (Wildman–Crippen LogP) is 2.44. The number of fused-ring (bicyclic) bond motifs is 1. The molecule has 2 aromatic heterocycles. The van der Waals surface area contributed by atoms with E-state index >= 15 is 0 Å². The molecule has 2 heterocycles. The number of hydrogen-bond acceptors (Lipinski definition) is 2. The summed E-state index contributed by atoms with van der Waals surface area (Å²) in [6, 6.07) is 10.2. The van der Waals surface area contributed by atoms with Crippen molar-refractivity contribution in [1.82, 2.24) is 14.5 Å². The Hall–Kier alpha value is -2.16. The summed E-state index contributed by atoms with van der Waals surface area (Å²) in [6.45, 7) is 0. The Bertz CT molecular complexity index is 626. The van der Waals surface area contributed by atoms with Crippen molar-refractivity contribution in [3.05, 3.63) is 49.1 Å². The predicted molar refractivity (Wildman–Crippen MR) is 62.8 cm³/mol. The molecular formula is C13H10N3. The molecule has 0 atom stereocenters. The third-order valence-corrected chi connectivity index (χ3v) is 2.71. The largest absolute Gasteiger partial charge is 0.350 e. The lowest BCUT2D eigenvalue weighted by Crippen LogP contribution is -1.83. The molecule has 0 aliphatic rings. The lowest BCUT2D eigenvalue weighted by Gasteiger charge is -1.96. The topological polar surface area (TPSA) is 30.7 Å². The summed E-state index contributed by atoms with van der Waals surface area (Å²) in [6.07, 6.45) is 6.42. The highest BCUT2D eigenvalue weighted by Gasteiger charge is 2.08. The summed E-state index contributed by atoms with van der Waals surface area (Å²) in [5.41, 5.74) is 3.24. The maximum atomic E-state index is 4.16. The second-order valence-electron chi connectivity index (χ2n) is 3.71. The molecule has 3 rings (SSSR count). The van der Waals surface area contributed by atoms with Crippen molar-refractivity contribution in [2.45, 2.75) is 0 Å². The van der Waals surface area contributed by atoms with Gasteiger partial charge in [-0.2, -0.15) is 0 Å². The molecule has 16 heavy (non-hydrogen) atoms. The van der Waals surface area contributed by atoms with E-state index in [0.29, 0.717) is 0 Å². The van der Waals surface area contributed by atoms with Gasteiger partial charge in [0, 0.05) is 35.9 Å². The van der Waals surface area contributed by atoms with Gasteiger partial charge in [0.1, 0.15) is 0 Å². The molecule has 0 aliphatic carbocycles. The molecule has 0 amide bonds. The van der Waals surface area contributed by atoms with Gasteiger partial charge < -0.3 is 4.57 Å². The van der Waals surface area contributed by atoms with Gasteiger partial charge in [-0.1, -0.05) is 18.2 Å². The SMILES string of the molecule is Cn1cc(-c2ccn[c]n2)c2ccccc21. The first-order valence-corrected chi connectivity index (χ1v) is 5.10. The standard InChI is InChI=1S/C13H10N3/c1-16-8-11(12-6-7-14-9-15-12)10-4-2-3-5-13(10)16/h2-8H,1H3. The fourth-order valence-electron chi connectivity index (χ4n) is 1.96. The number of aromatic nitrogens is 3. The van der Waals surface area contributed by atoms with Gasteiger partial charge in [0.25, 0.3) is 0 Å². The van der Waals surface area contributed by atoms with Gasteiger partial charge >= 0.3 is 0 Å². The molecule has 0 unspecified atom stereocenters. The van der Waals surface area contributed by atoms with Crippen LogP contribution in [0.15, 0.2) is 42.7 Å². The van der Waals surface area contributed by atoms with Crippen LogP contribution in [0.1, 0.15) is 0 Å². The molecule has 3 aromatic rings. The Morgan fingerprint density at radius 1 is 1.19 bits per heavy atom. The molecule has 0 spiro atoms. The van der Waals surface area contributed by atoms with Crippen molar-refractivity contribution in [1.29, 1.82) is 0 Å². The molecule has 0 bridgehead atoms. The minimum atomic E-state index is 0.909. The van der Waals surface area contributed by atoms with Crippen LogP contribution in [0.4, 0.5) is 0 Å². The molecule has 0 saturated heterocycles. The molecule has 3 heteroatoms. The van der Waals surface area contributed by atoms with E-state index in [9.17, 15) is 0 Å². The Labute approximate surface area is 93.4 Å². The molecular weight excluding hydrogens is 198 g/mol. The highest BCUT2D eigenvalue weighted by Crippen LogP contribution is 2.27. The highest BCUT2D eigenvalue weighted by atomic mass is 14.9. The summed E-state index contributed by atoms with van der Waals surface area (Å²) < 4.78 is 2.10. The smallest absolute Gasteiger partial charge is 0.198 e. The molecule has 0 fully saturated rings. The van der Waals surface area contributed by atoms with E-state index < -0.39 is 0 Å². The summed E-state index contributed by atoms with van der Waals surface area (Å²) in [4.78, 5) is 7.98. The normalized spacial score (nSPS) is 10.8. The van der Waals surface area contributed by atoms with Crippen LogP contribution in [-0.4, -0.2) is 14.5 Å². The third kappa shape index (κ3) is 1.29. The first-order valence-electron chi connectivity index (χ1n) is 5.10. The van der Waals surface area contributed by atoms with Gasteiger partial charge in [-0.25, -0.2) is 9.97 Å². The first-order chi connectivity index (χ1) is 7.86. The van der Waals surface area contributed by atoms with E-state index in [1.54, 1.807) is 6.20 Å². The fourth-order valence-corrected chi connectivity index (χ4v) is 1.96. The Kier molecular flexibility index (Phi) is 1.96. The van der Waals surface area contributed by atoms with Gasteiger partial charge in [-0.15, -0.1) is 0 Å². The van der Waals surface area contributed by atoms with Crippen LogP contribution in [0, 0.1) is 6.33 Å². The van der Waals surface area contributed by atoms with Crippen LogP contribution in [0.5, 0.6) is 0 Å². The highest BCUT2D eigenvalue weighted by molar-refractivity contribution is 5.94. The van der Waals surface area contributed by atoms with Crippen LogP contribution in [0.3, 0.4) is 0 Å². The molecule has 77 valence electrons. The number of rotatable bonds is 1. The number of para-hydroxylation sites is 1. The maximum absolute atomic E-state index is 4.16. The van der Waals surface area contributed by atoms with Crippen molar-refractivity contribution in [2.75, 3.05) is 0 Å². The van der Waals surface area contributed by atoms with Gasteiger partial charge in [-0.3, -0.25) is 0 Å². The van der Waals surface area contributed by atoms with Crippen molar-refractivity contribution in [2.24, 2.45) is 7.05 Å². The zero-order chi connectivity index (χ0) is 11.0. The van der Waals surface area contributed by atoms with Crippen LogP contribution in [0.25, 0.3) is 22.2 Å². The maximum Gasteiger partial charge on any atom is 0.198 e. The summed E-state index contributed by atoms with van der Waals surface area (Å²) in [7, 11) is 2.04. The van der Waals surface area contributed by atoms with E-state index in [2.05, 4.69) is 39.2 Å². The quantitative estimate of drug-likeness (QED) is 0.615. The molecule has 0 aliphatic heterocycles. The van der Waals surface area contributed by atoms with Crippen molar-refractivity contribution < 1.29 is 0 Å². The number of benzene rings is 1. The van der Waals surface area contributed by atoms with E-state index in [1.165, 1.54) is 10.9 Å². The fraction of sp³-hybridized carbons (Fsp3) is 0.0769. The Morgan fingerprint density at radius 2 is 2.06 bits per heavy atom. The first kappa shape index (κ1) is 9.09. The lowest BCUT2D eigenvalue weighted by molar-refractivity contribution is 0.969. The minimum absolute atomic E-state index is 0.909. The lowest BCUT2D eigenvalue weighted by atomic mass is 10.1. The van der Waals surface area contributed by atoms with Gasteiger partial charge in [-0.05, 0) is 12.1 Å². The average Bonchev–Trinajstić information content (AvgIpc) is 2.69. The molecule has 0 saturated carbocycles. The summed E-state index contributed by atoms with van der Waals surface area (Å²) in [5.74, 6) is 0. The molecule has 1 radical (unpaired) electrons. The van der Waals surface area contributed by atoms with Gasteiger partial charge in [0.2, 0.25) is 0 Å². The molecule has 3 nitrogen and oxygen atoms in total. The van der Waals surface area contributed by atoms with E-state index in [1.807, 2.05) is 25.2 Å². The third-order valence-electron chi connectivity index (χ3n) is 2.71. The van der Waals surface area contributed by atoms with E-state index in [4.69, 9.17) is 0 Å². The molecule has 0 N–H and O–H groups in total. The minimum Gasteiger partial charge on any atom is -0.350 e. The zero-order valence-electron chi connectivity index (χ0n) is 8.88. The Morgan fingerprint density at radius 3 is 2.88 bits per heavy atom. The van der Waals surface area contributed by atoms with Crippen LogP contribution in [0.2, 0.25) is 0 Å². The number of hydrogen-bond donors (Lipinski definition) is 0. The zero-order valence-corrected chi connectivity index (χ0v) is 8.88. The van der Waals surface area contributed by atoms with E-state index in [0.717, 1.165) is 11.3 Å². The van der Waals surface area contributed by atoms with Crippen molar-refractivity contribution in [3.63, 3.8) is 0 Å². The van der Waals surface area contributed by atoms with Gasteiger partial charge in [0.05, 0.1) is 5.69 Å². The summed E-state index contributed by atoms with van der Waals surface area (Å²) >= 11 is 0. The average molecular weight is 208 g/mol. The Balaban J connectivity index is 2.33. The van der Waals surface area contributed by atoms with Crippen molar-refractivity contribution in [3.8, 4) is 11.3 Å². The number of nitrogens with zero attached hydrogens (tertiary/aromatic N) is 3. The molecule has 1 aromatic carbocycles. The van der Waals surface area contributed by atoms with E-state index in [-0.39, 0.29) is 0 Å².